The van der Waals surface area contributed by atoms with E-state index in [0.29, 0.717) is 0 Å². The molecule has 2 heteroatoms. The van der Waals surface area contributed by atoms with Crippen molar-refractivity contribution in [2.75, 3.05) is 26.2 Å². The summed E-state index contributed by atoms with van der Waals surface area (Å²) in [5.74, 6) is 0.884. The van der Waals surface area contributed by atoms with Gasteiger partial charge in [0.15, 0.2) is 0 Å². The van der Waals surface area contributed by atoms with E-state index < -0.39 is 0 Å². The van der Waals surface area contributed by atoms with Gasteiger partial charge in [-0.1, -0.05) is 33.6 Å². The molecule has 1 aliphatic rings. The fraction of sp³-hybridized carbons (Fsp3) is 1.00. The van der Waals surface area contributed by atoms with Crippen molar-refractivity contribution in [1.29, 1.82) is 0 Å². The highest BCUT2D eigenvalue weighted by molar-refractivity contribution is 4.83. The summed E-state index contributed by atoms with van der Waals surface area (Å²) < 4.78 is 0. The molecule has 1 heterocycles. The summed E-state index contributed by atoms with van der Waals surface area (Å²) in [4.78, 5) is 2.57. The Hall–Kier alpha value is -0.0800. The van der Waals surface area contributed by atoms with Gasteiger partial charge in [0.05, 0.1) is 0 Å². The van der Waals surface area contributed by atoms with Crippen LogP contribution < -0.4 is 5.32 Å². The van der Waals surface area contributed by atoms with Gasteiger partial charge < -0.3 is 10.2 Å². The van der Waals surface area contributed by atoms with Crippen LogP contribution in [-0.2, 0) is 0 Å². The van der Waals surface area contributed by atoms with Gasteiger partial charge in [-0.05, 0) is 18.9 Å². The van der Waals surface area contributed by atoms with Crippen LogP contribution in [0.1, 0.15) is 40.0 Å². The van der Waals surface area contributed by atoms with Gasteiger partial charge in [0, 0.05) is 25.7 Å². The summed E-state index contributed by atoms with van der Waals surface area (Å²) in [7, 11) is 0. The molecule has 0 aromatic heterocycles. The van der Waals surface area contributed by atoms with Crippen molar-refractivity contribution in [3.63, 3.8) is 0 Å². The van der Waals surface area contributed by atoms with Crippen LogP contribution in [-0.4, -0.2) is 37.1 Å². The highest BCUT2D eigenvalue weighted by atomic mass is 15.2. The topological polar surface area (TPSA) is 15.3 Å². The van der Waals surface area contributed by atoms with Gasteiger partial charge in [0.2, 0.25) is 0 Å². The molecule has 84 valence electrons. The highest BCUT2D eigenvalue weighted by Gasteiger charge is 2.24. The van der Waals surface area contributed by atoms with Crippen molar-refractivity contribution < 1.29 is 0 Å². The van der Waals surface area contributed by atoms with E-state index >= 15 is 0 Å². The smallest absolute Gasteiger partial charge is 0.0223 e. The second-order valence-electron chi connectivity index (χ2n) is 4.41. The van der Waals surface area contributed by atoms with E-state index in [0.717, 1.165) is 12.0 Å². The number of hydrogen-bond donors (Lipinski definition) is 1. The molecule has 1 aliphatic heterocycles. The fourth-order valence-electron chi connectivity index (χ4n) is 2.51. The first-order valence-corrected chi connectivity index (χ1v) is 6.27. The van der Waals surface area contributed by atoms with Crippen molar-refractivity contribution in [2.24, 2.45) is 5.92 Å². The Kier molecular flexibility index (Phi) is 5.49. The van der Waals surface area contributed by atoms with E-state index in [1.54, 1.807) is 0 Å². The first-order chi connectivity index (χ1) is 6.81. The van der Waals surface area contributed by atoms with Crippen LogP contribution in [0.25, 0.3) is 0 Å². The molecule has 0 amide bonds. The van der Waals surface area contributed by atoms with Crippen molar-refractivity contribution in [2.45, 2.75) is 46.1 Å². The largest absolute Gasteiger partial charge is 0.311 e. The lowest BCUT2D eigenvalue weighted by atomic mass is 9.91. The normalized spacial score (nSPS) is 26.4. The number of piperazine rings is 1. The summed E-state index contributed by atoms with van der Waals surface area (Å²) in [6.07, 6.45) is 4.03. The Bertz CT molecular complexity index is 147. The number of rotatable bonds is 5. The molecule has 0 aliphatic carbocycles. The zero-order chi connectivity index (χ0) is 10.4. The monoisotopic (exact) mass is 198 g/mol. The molecule has 1 N–H and O–H groups in total. The molecular formula is C12H26N2. The molecule has 0 saturated carbocycles. The van der Waals surface area contributed by atoms with Crippen molar-refractivity contribution in [1.82, 2.24) is 10.2 Å². The average Bonchev–Trinajstić information content (AvgIpc) is 2.26. The fourth-order valence-corrected chi connectivity index (χ4v) is 2.51. The Balaban J connectivity index is 2.40. The number of likely N-dealkylation sites (N-methyl/N-ethyl adjacent to an activating group) is 1. The van der Waals surface area contributed by atoms with Gasteiger partial charge in [0.1, 0.15) is 0 Å². The summed E-state index contributed by atoms with van der Waals surface area (Å²) >= 11 is 0. The van der Waals surface area contributed by atoms with E-state index in [4.69, 9.17) is 0 Å². The summed E-state index contributed by atoms with van der Waals surface area (Å²) in [6, 6.07) is 0.744. The number of hydrogen-bond acceptors (Lipinski definition) is 2. The molecule has 1 rings (SSSR count). The van der Waals surface area contributed by atoms with Crippen molar-refractivity contribution >= 4 is 0 Å². The predicted octanol–water partition coefficient (Wildman–Crippen LogP) is 2.11. The molecule has 1 saturated heterocycles. The van der Waals surface area contributed by atoms with E-state index in [1.807, 2.05) is 0 Å². The van der Waals surface area contributed by atoms with Gasteiger partial charge in [-0.2, -0.15) is 0 Å². The van der Waals surface area contributed by atoms with Gasteiger partial charge >= 0.3 is 0 Å². The van der Waals surface area contributed by atoms with Gasteiger partial charge in [-0.15, -0.1) is 0 Å². The van der Waals surface area contributed by atoms with Gasteiger partial charge in [-0.25, -0.2) is 0 Å². The zero-order valence-corrected chi connectivity index (χ0v) is 10.1. The lowest BCUT2D eigenvalue weighted by molar-refractivity contribution is 0.164. The second-order valence-corrected chi connectivity index (χ2v) is 4.41. The molecule has 2 nitrogen and oxygen atoms in total. The Labute approximate surface area is 89.1 Å². The lowest BCUT2D eigenvalue weighted by Crippen LogP contribution is -2.53. The molecule has 0 bridgehead atoms. The highest BCUT2D eigenvalue weighted by Crippen LogP contribution is 2.18. The molecule has 0 aromatic rings. The third kappa shape index (κ3) is 3.25. The maximum absolute atomic E-state index is 3.68. The minimum atomic E-state index is 0.744. The predicted molar refractivity (Wildman–Crippen MR) is 62.6 cm³/mol. The molecular weight excluding hydrogens is 172 g/mol. The van der Waals surface area contributed by atoms with Crippen molar-refractivity contribution in [3.05, 3.63) is 0 Å². The van der Waals surface area contributed by atoms with Crippen LogP contribution in [0, 0.1) is 5.92 Å². The molecule has 0 spiro atoms. The van der Waals surface area contributed by atoms with Gasteiger partial charge in [0.25, 0.3) is 0 Å². The molecule has 2 unspecified atom stereocenters. The average molecular weight is 198 g/mol. The number of nitrogens with zero attached hydrogens (tertiary/aromatic N) is 1. The van der Waals surface area contributed by atoms with E-state index in [9.17, 15) is 0 Å². The molecule has 2 atom stereocenters. The van der Waals surface area contributed by atoms with Crippen LogP contribution >= 0.6 is 0 Å². The molecule has 0 radical (unpaired) electrons. The van der Waals surface area contributed by atoms with Crippen LogP contribution in [0.3, 0.4) is 0 Å². The Morgan fingerprint density at radius 2 is 2.14 bits per heavy atom. The standard InChI is InChI=1S/C12H26N2/c1-4-7-11(5-2)12-10-14(6-3)9-8-13-12/h11-13H,4-10H2,1-3H3. The van der Waals surface area contributed by atoms with Crippen LogP contribution in [0.15, 0.2) is 0 Å². The Morgan fingerprint density at radius 3 is 2.71 bits per heavy atom. The van der Waals surface area contributed by atoms with E-state index in [-0.39, 0.29) is 0 Å². The summed E-state index contributed by atoms with van der Waals surface area (Å²) in [6.45, 7) is 11.8. The Morgan fingerprint density at radius 1 is 1.36 bits per heavy atom. The maximum atomic E-state index is 3.68. The second kappa shape index (κ2) is 6.41. The molecule has 0 aromatic carbocycles. The zero-order valence-electron chi connectivity index (χ0n) is 10.1. The SMILES string of the molecule is CCCC(CC)C1CN(CC)CCN1. The minimum Gasteiger partial charge on any atom is -0.311 e. The summed E-state index contributed by atoms with van der Waals surface area (Å²) in [5.41, 5.74) is 0. The van der Waals surface area contributed by atoms with E-state index in [1.165, 1.54) is 45.4 Å². The quantitative estimate of drug-likeness (QED) is 0.728. The minimum absolute atomic E-state index is 0.744. The maximum Gasteiger partial charge on any atom is 0.0223 e. The summed E-state index contributed by atoms with van der Waals surface area (Å²) in [5, 5.41) is 3.68. The van der Waals surface area contributed by atoms with Crippen LogP contribution in [0.4, 0.5) is 0 Å². The van der Waals surface area contributed by atoms with E-state index in [2.05, 4.69) is 31.0 Å². The third-order valence-corrected chi connectivity index (χ3v) is 3.49. The van der Waals surface area contributed by atoms with Crippen LogP contribution in [0.5, 0.6) is 0 Å². The van der Waals surface area contributed by atoms with Gasteiger partial charge in [-0.3, -0.25) is 0 Å². The first kappa shape index (κ1) is 12.0. The molecule has 1 fully saturated rings. The third-order valence-electron chi connectivity index (χ3n) is 3.49. The molecule has 14 heavy (non-hydrogen) atoms. The lowest BCUT2D eigenvalue weighted by Gasteiger charge is -2.37. The van der Waals surface area contributed by atoms with Crippen molar-refractivity contribution in [3.8, 4) is 0 Å². The number of nitrogens with one attached hydrogen (secondary N) is 1. The first-order valence-electron chi connectivity index (χ1n) is 6.27. The van der Waals surface area contributed by atoms with Crippen LogP contribution in [0.2, 0.25) is 0 Å².